The van der Waals surface area contributed by atoms with Crippen molar-refractivity contribution in [2.45, 2.75) is 25.7 Å². The summed E-state index contributed by atoms with van der Waals surface area (Å²) in [5, 5.41) is 6.36. The number of piperidine rings is 1. The first-order valence-electron chi connectivity index (χ1n) is 7.37. The van der Waals surface area contributed by atoms with Gasteiger partial charge in [-0.15, -0.1) is 0 Å². The Labute approximate surface area is 129 Å². The molecule has 1 aliphatic heterocycles. The molecule has 0 spiro atoms. The van der Waals surface area contributed by atoms with Crippen molar-refractivity contribution in [3.8, 4) is 0 Å². The van der Waals surface area contributed by atoms with E-state index < -0.39 is 11.6 Å². The number of anilines is 1. The summed E-state index contributed by atoms with van der Waals surface area (Å²) in [6.45, 7) is 4.22. The molecule has 0 unspecified atom stereocenters. The van der Waals surface area contributed by atoms with Crippen LogP contribution in [0.4, 0.5) is 14.5 Å². The van der Waals surface area contributed by atoms with E-state index in [0.717, 1.165) is 31.6 Å². The van der Waals surface area contributed by atoms with Crippen molar-refractivity contribution in [3.63, 3.8) is 0 Å². The van der Waals surface area contributed by atoms with Crippen LogP contribution >= 0.6 is 12.2 Å². The number of benzene rings is 1. The smallest absolute Gasteiger partial charge is 0.170 e. The molecule has 6 heteroatoms. The average Bonchev–Trinajstić information content (AvgIpc) is 2.49. The molecule has 0 bridgehead atoms. The van der Waals surface area contributed by atoms with E-state index in [2.05, 4.69) is 15.5 Å². The molecule has 0 aliphatic carbocycles. The van der Waals surface area contributed by atoms with Gasteiger partial charge in [-0.1, -0.05) is 6.42 Å². The van der Waals surface area contributed by atoms with Gasteiger partial charge < -0.3 is 15.5 Å². The molecule has 0 saturated carbocycles. The third-order valence-corrected chi connectivity index (χ3v) is 3.81. The minimum absolute atomic E-state index is 0.430. The van der Waals surface area contributed by atoms with Crippen LogP contribution in [-0.2, 0) is 0 Å². The van der Waals surface area contributed by atoms with Crippen LogP contribution in [0.25, 0.3) is 0 Å². The normalized spacial score (nSPS) is 15.7. The minimum atomic E-state index is -0.882. The summed E-state index contributed by atoms with van der Waals surface area (Å²) in [5.41, 5.74) is 0.447. The zero-order valence-electron chi connectivity index (χ0n) is 12.0. The Morgan fingerprint density at radius 2 is 1.90 bits per heavy atom. The topological polar surface area (TPSA) is 27.3 Å². The molecule has 0 radical (unpaired) electrons. The third kappa shape index (κ3) is 5.55. The number of halogens is 2. The molecule has 1 aliphatic rings. The fourth-order valence-electron chi connectivity index (χ4n) is 2.44. The molecule has 116 valence electrons. The number of thiocarbonyl (C=S) groups is 1. The summed E-state index contributed by atoms with van der Waals surface area (Å²) in [5.74, 6) is -1.74. The van der Waals surface area contributed by atoms with Gasteiger partial charge in [-0.05, 0) is 63.2 Å². The highest BCUT2D eigenvalue weighted by molar-refractivity contribution is 7.80. The van der Waals surface area contributed by atoms with Crippen molar-refractivity contribution in [1.29, 1.82) is 0 Å². The van der Waals surface area contributed by atoms with Gasteiger partial charge >= 0.3 is 0 Å². The van der Waals surface area contributed by atoms with Crippen LogP contribution in [0.5, 0.6) is 0 Å². The van der Waals surface area contributed by atoms with Gasteiger partial charge in [-0.2, -0.15) is 0 Å². The zero-order chi connectivity index (χ0) is 15.1. The molecule has 1 heterocycles. The highest BCUT2D eigenvalue weighted by atomic mass is 32.1. The van der Waals surface area contributed by atoms with E-state index in [0.29, 0.717) is 10.8 Å². The van der Waals surface area contributed by atoms with E-state index in [4.69, 9.17) is 12.2 Å². The summed E-state index contributed by atoms with van der Waals surface area (Å²) >= 11 is 5.13. The Hall–Kier alpha value is -1.27. The van der Waals surface area contributed by atoms with Crippen molar-refractivity contribution >= 4 is 23.0 Å². The average molecular weight is 313 g/mol. The summed E-state index contributed by atoms with van der Waals surface area (Å²) in [6.07, 6.45) is 4.95. The van der Waals surface area contributed by atoms with Crippen molar-refractivity contribution in [3.05, 3.63) is 29.8 Å². The van der Waals surface area contributed by atoms with Crippen LogP contribution in [-0.4, -0.2) is 36.2 Å². The van der Waals surface area contributed by atoms with Crippen molar-refractivity contribution < 1.29 is 8.78 Å². The predicted octanol–water partition coefficient (Wildman–Crippen LogP) is 3.13. The summed E-state index contributed by atoms with van der Waals surface area (Å²) in [6, 6.07) is 3.63. The van der Waals surface area contributed by atoms with Crippen LogP contribution in [0, 0.1) is 11.6 Å². The minimum Gasteiger partial charge on any atom is -0.362 e. The number of rotatable bonds is 5. The Kier molecular flexibility index (Phi) is 6.32. The number of nitrogens with zero attached hydrogens (tertiary/aromatic N) is 1. The van der Waals surface area contributed by atoms with Gasteiger partial charge in [0.15, 0.2) is 16.7 Å². The van der Waals surface area contributed by atoms with Gasteiger partial charge in [0.2, 0.25) is 0 Å². The Morgan fingerprint density at radius 3 is 2.62 bits per heavy atom. The van der Waals surface area contributed by atoms with Gasteiger partial charge in [0.25, 0.3) is 0 Å². The van der Waals surface area contributed by atoms with Crippen LogP contribution in [0.1, 0.15) is 25.7 Å². The van der Waals surface area contributed by atoms with E-state index in [-0.39, 0.29) is 0 Å². The molecule has 2 rings (SSSR count). The largest absolute Gasteiger partial charge is 0.362 e. The second kappa shape index (κ2) is 8.24. The zero-order valence-corrected chi connectivity index (χ0v) is 12.8. The van der Waals surface area contributed by atoms with E-state index in [1.165, 1.54) is 38.4 Å². The Bertz CT molecular complexity index is 476. The molecule has 21 heavy (non-hydrogen) atoms. The second-order valence-electron chi connectivity index (χ2n) is 5.27. The van der Waals surface area contributed by atoms with Crippen molar-refractivity contribution in [1.82, 2.24) is 10.2 Å². The molecule has 3 nitrogen and oxygen atoms in total. The van der Waals surface area contributed by atoms with E-state index in [1.54, 1.807) is 0 Å². The monoisotopic (exact) mass is 313 g/mol. The van der Waals surface area contributed by atoms with Gasteiger partial charge in [-0.25, -0.2) is 8.78 Å². The van der Waals surface area contributed by atoms with Crippen molar-refractivity contribution in [2.75, 3.05) is 31.5 Å². The first-order chi connectivity index (χ1) is 10.1. The Morgan fingerprint density at radius 1 is 1.14 bits per heavy atom. The summed E-state index contributed by atoms with van der Waals surface area (Å²) < 4.78 is 25.9. The number of hydrogen-bond donors (Lipinski definition) is 2. The molecule has 1 aromatic carbocycles. The van der Waals surface area contributed by atoms with Gasteiger partial charge in [0, 0.05) is 18.3 Å². The molecule has 0 aromatic heterocycles. The molecule has 1 aromatic rings. The number of nitrogens with one attached hydrogen (secondary N) is 2. The van der Waals surface area contributed by atoms with Gasteiger partial charge in [-0.3, -0.25) is 0 Å². The first kappa shape index (κ1) is 16.1. The maximum absolute atomic E-state index is 13.1. The maximum Gasteiger partial charge on any atom is 0.170 e. The van der Waals surface area contributed by atoms with Crippen LogP contribution in [0.15, 0.2) is 18.2 Å². The standard InChI is InChI=1S/C15H21F2N3S/c16-13-6-5-12(11-14(13)17)19-15(21)18-7-4-10-20-8-2-1-3-9-20/h5-6,11H,1-4,7-10H2,(H2,18,19,21). The fourth-order valence-corrected chi connectivity index (χ4v) is 2.66. The SMILES string of the molecule is Fc1ccc(NC(=S)NCCCN2CCCCC2)cc1F. The molecular formula is C15H21F2N3S. The number of hydrogen-bond acceptors (Lipinski definition) is 2. The molecule has 2 N–H and O–H groups in total. The Balaban J connectivity index is 1.63. The van der Waals surface area contributed by atoms with E-state index in [9.17, 15) is 8.78 Å². The second-order valence-corrected chi connectivity index (χ2v) is 5.67. The van der Waals surface area contributed by atoms with Crippen LogP contribution < -0.4 is 10.6 Å². The quantitative estimate of drug-likeness (QED) is 0.645. The van der Waals surface area contributed by atoms with Crippen LogP contribution in [0.2, 0.25) is 0 Å². The molecule has 1 fully saturated rings. The van der Waals surface area contributed by atoms with Crippen LogP contribution in [0.3, 0.4) is 0 Å². The van der Waals surface area contributed by atoms with Gasteiger partial charge in [0.05, 0.1) is 0 Å². The lowest BCUT2D eigenvalue weighted by Gasteiger charge is -2.26. The lowest BCUT2D eigenvalue weighted by Crippen LogP contribution is -2.34. The molecule has 1 saturated heterocycles. The predicted molar refractivity (Wildman–Crippen MR) is 85.5 cm³/mol. The summed E-state index contributed by atoms with van der Waals surface area (Å²) in [7, 11) is 0. The van der Waals surface area contributed by atoms with Gasteiger partial charge in [0.1, 0.15) is 0 Å². The lowest BCUT2D eigenvalue weighted by atomic mass is 10.1. The lowest BCUT2D eigenvalue weighted by molar-refractivity contribution is 0.227. The number of likely N-dealkylation sites (tertiary alicyclic amines) is 1. The summed E-state index contributed by atoms with van der Waals surface area (Å²) in [4.78, 5) is 2.47. The maximum atomic E-state index is 13.1. The van der Waals surface area contributed by atoms with E-state index in [1.807, 2.05) is 0 Å². The highest BCUT2D eigenvalue weighted by Gasteiger charge is 2.09. The molecule has 0 atom stereocenters. The molecule has 0 amide bonds. The molecular weight excluding hydrogens is 292 g/mol. The van der Waals surface area contributed by atoms with Crippen molar-refractivity contribution in [2.24, 2.45) is 0 Å². The fraction of sp³-hybridized carbons (Fsp3) is 0.533. The third-order valence-electron chi connectivity index (χ3n) is 3.56. The highest BCUT2D eigenvalue weighted by Crippen LogP contribution is 2.13. The van der Waals surface area contributed by atoms with E-state index >= 15 is 0 Å². The first-order valence-corrected chi connectivity index (χ1v) is 7.78.